The number of carbonyl (C=O) groups is 2. The summed E-state index contributed by atoms with van der Waals surface area (Å²) in [7, 11) is 0. The fraction of sp³-hybridized carbons (Fsp3) is 0.385. The summed E-state index contributed by atoms with van der Waals surface area (Å²) in [4.78, 5) is 28.3. The number of aromatic nitrogens is 1. The molecule has 20 heavy (non-hydrogen) atoms. The molecule has 2 rings (SSSR count). The van der Waals surface area contributed by atoms with E-state index in [4.69, 9.17) is 5.11 Å². The molecule has 104 valence electrons. The van der Waals surface area contributed by atoms with Gasteiger partial charge >= 0.3 is 6.09 Å². The summed E-state index contributed by atoms with van der Waals surface area (Å²) in [6.45, 7) is 0.358. The lowest BCUT2D eigenvalue weighted by molar-refractivity contribution is -0.124. The first-order chi connectivity index (χ1) is 9.57. The average Bonchev–Trinajstić information content (AvgIpc) is 2.48. The minimum atomic E-state index is -1.19. The third-order valence-electron chi connectivity index (χ3n) is 3.44. The van der Waals surface area contributed by atoms with Gasteiger partial charge in [-0.15, -0.1) is 0 Å². The molecular weight excluding hydrogens is 260 g/mol. The van der Waals surface area contributed by atoms with Crippen LogP contribution in [0.2, 0.25) is 0 Å². The highest BCUT2D eigenvalue weighted by Gasteiger charge is 2.42. The summed E-state index contributed by atoms with van der Waals surface area (Å²) in [5, 5.41) is 20.8. The molecule has 1 aliphatic rings. The topological polar surface area (TPSA) is 106 Å². The van der Waals surface area contributed by atoms with Gasteiger partial charge < -0.3 is 15.3 Å². The average molecular weight is 274 g/mol. The molecule has 0 unspecified atom stereocenters. The van der Waals surface area contributed by atoms with Crippen molar-refractivity contribution in [2.24, 2.45) is 5.41 Å². The van der Waals surface area contributed by atoms with Crippen molar-refractivity contribution in [2.45, 2.75) is 12.8 Å². The quantitative estimate of drug-likeness (QED) is 0.845. The molecule has 1 aromatic rings. The Morgan fingerprint density at radius 2 is 2.10 bits per heavy atom. The van der Waals surface area contributed by atoms with Crippen LogP contribution in [0.25, 0.3) is 0 Å². The predicted molar refractivity (Wildman–Crippen MR) is 69.7 cm³/mol. The number of amides is 2. The number of piperidine rings is 1. The summed E-state index contributed by atoms with van der Waals surface area (Å²) in [5.74, 6) is -0.0449. The van der Waals surface area contributed by atoms with Gasteiger partial charge in [0, 0.05) is 19.3 Å². The van der Waals surface area contributed by atoms with Crippen molar-refractivity contribution in [1.29, 1.82) is 5.26 Å². The highest BCUT2D eigenvalue weighted by molar-refractivity contribution is 5.96. The number of hydrogen-bond acceptors (Lipinski definition) is 4. The Hall–Kier alpha value is -2.62. The first kappa shape index (κ1) is 13.8. The van der Waals surface area contributed by atoms with Crippen LogP contribution in [0.1, 0.15) is 12.8 Å². The second-order valence-corrected chi connectivity index (χ2v) is 4.63. The normalized spacial score (nSPS) is 17.1. The largest absolute Gasteiger partial charge is 0.465 e. The van der Waals surface area contributed by atoms with Crippen LogP contribution in [0, 0.1) is 16.7 Å². The highest BCUT2D eigenvalue weighted by Crippen LogP contribution is 2.32. The molecule has 1 aliphatic heterocycles. The van der Waals surface area contributed by atoms with Gasteiger partial charge in [0.25, 0.3) is 0 Å². The lowest BCUT2D eigenvalue weighted by atomic mass is 9.79. The van der Waals surface area contributed by atoms with Gasteiger partial charge in [0.1, 0.15) is 11.2 Å². The molecule has 0 bridgehead atoms. The summed E-state index contributed by atoms with van der Waals surface area (Å²) in [6.07, 6.45) is 0.895. The van der Waals surface area contributed by atoms with Crippen molar-refractivity contribution in [3.8, 4) is 6.07 Å². The van der Waals surface area contributed by atoms with Crippen molar-refractivity contribution in [1.82, 2.24) is 9.88 Å². The van der Waals surface area contributed by atoms with E-state index < -0.39 is 17.4 Å². The number of nitrogens with one attached hydrogen (secondary N) is 1. The van der Waals surface area contributed by atoms with E-state index >= 15 is 0 Å². The number of likely N-dealkylation sites (tertiary alicyclic amines) is 1. The van der Waals surface area contributed by atoms with Crippen molar-refractivity contribution in [3.05, 3.63) is 24.4 Å². The zero-order valence-electron chi connectivity index (χ0n) is 10.7. The molecule has 1 fully saturated rings. The molecule has 7 heteroatoms. The Bertz CT molecular complexity index is 544. The molecular formula is C13H14N4O3. The number of nitrogens with zero attached hydrogens (tertiary/aromatic N) is 3. The van der Waals surface area contributed by atoms with Crippen LogP contribution in [0.3, 0.4) is 0 Å². The predicted octanol–water partition coefficient (Wildman–Crippen LogP) is 1.30. The van der Waals surface area contributed by atoms with Gasteiger partial charge in [0.05, 0.1) is 6.07 Å². The molecule has 2 heterocycles. The zero-order chi connectivity index (χ0) is 14.6. The number of nitriles is 1. The Morgan fingerprint density at radius 3 is 2.60 bits per heavy atom. The minimum absolute atomic E-state index is 0.179. The molecule has 0 atom stereocenters. The van der Waals surface area contributed by atoms with E-state index in [-0.39, 0.29) is 25.9 Å². The van der Waals surface area contributed by atoms with Gasteiger partial charge in [0.2, 0.25) is 5.91 Å². The SMILES string of the molecule is N#CC1(C(=O)Nc2ccccn2)CCN(C(=O)O)CC1. The molecule has 0 saturated carbocycles. The number of hydrogen-bond donors (Lipinski definition) is 2. The fourth-order valence-electron chi connectivity index (χ4n) is 2.14. The zero-order valence-corrected chi connectivity index (χ0v) is 10.7. The van der Waals surface area contributed by atoms with E-state index in [9.17, 15) is 14.9 Å². The van der Waals surface area contributed by atoms with Crippen molar-refractivity contribution >= 4 is 17.8 Å². The van der Waals surface area contributed by atoms with Gasteiger partial charge in [-0.2, -0.15) is 5.26 Å². The van der Waals surface area contributed by atoms with Gasteiger partial charge in [-0.25, -0.2) is 9.78 Å². The molecule has 0 radical (unpaired) electrons. The van der Waals surface area contributed by atoms with Gasteiger partial charge in [-0.1, -0.05) is 6.07 Å². The van der Waals surface area contributed by atoms with Gasteiger partial charge in [-0.05, 0) is 25.0 Å². The molecule has 1 saturated heterocycles. The van der Waals surface area contributed by atoms with Crippen LogP contribution in [0.4, 0.5) is 10.6 Å². The van der Waals surface area contributed by atoms with E-state index in [1.54, 1.807) is 24.4 Å². The summed E-state index contributed by atoms with van der Waals surface area (Å²) >= 11 is 0. The van der Waals surface area contributed by atoms with Crippen LogP contribution in [-0.4, -0.2) is 40.1 Å². The maximum absolute atomic E-state index is 12.3. The Balaban J connectivity index is 2.07. The van der Waals surface area contributed by atoms with Crippen LogP contribution < -0.4 is 5.32 Å². The van der Waals surface area contributed by atoms with E-state index in [0.717, 1.165) is 0 Å². The number of carbonyl (C=O) groups excluding carboxylic acids is 1. The van der Waals surface area contributed by atoms with Crippen molar-refractivity contribution in [2.75, 3.05) is 18.4 Å². The second kappa shape index (κ2) is 5.57. The maximum atomic E-state index is 12.3. The van der Waals surface area contributed by atoms with Crippen molar-refractivity contribution in [3.63, 3.8) is 0 Å². The Kier molecular flexibility index (Phi) is 3.84. The first-order valence-electron chi connectivity index (χ1n) is 6.19. The summed E-state index contributed by atoms with van der Waals surface area (Å²) in [5.41, 5.74) is -1.19. The first-order valence-corrected chi connectivity index (χ1v) is 6.19. The maximum Gasteiger partial charge on any atom is 0.407 e. The van der Waals surface area contributed by atoms with Crippen LogP contribution >= 0.6 is 0 Å². The minimum Gasteiger partial charge on any atom is -0.465 e. The lowest BCUT2D eigenvalue weighted by Gasteiger charge is -2.34. The second-order valence-electron chi connectivity index (χ2n) is 4.63. The van der Waals surface area contributed by atoms with Crippen LogP contribution in [-0.2, 0) is 4.79 Å². The van der Waals surface area contributed by atoms with Gasteiger partial charge in [-0.3, -0.25) is 4.79 Å². The van der Waals surface area contributed by atoms with Crippen molar-refractivity contribution < 1.29 is 14.7 Å². The number of carboxylic acid groups (broad SMARTS) is 1. The highest BCUT2D eigenvalue weighted by atomic mass is 16.4. The molecule has 2 N–H and O–H groups in total. The molecule has 7 nitrogen and oxygen atoms in total. The van der Waals surface area contributed by atoms with E-state index in [0.29, 0.717) is 5.82 Å². The summed E-state index contributed by atoms with van der Waals surface area (Å²) < 4.78 is 0. The molecule has 1 aromatic heterocycles. The van der Waals surface area contributed by atoms with Gasteiger partial charge in [0.15, 0.2) is 0 Å². The standard InChI is InChI=1S/C13H14N4O3/c14-9-13(4-7-17(8-5-13)12(19)20)11(18)16-10-3-1-2-6-15-10/h1-3,6H,4-5,7-8H2,(H,19,20)(H,15,16,18). The molecule has 0 aromatic carbocycles. The number of anilines is 1. The van der Waals surface area contributed by atoms with E-state index in [1.165, 1.54) is 4.90 Å². The Labute approximate surface area is 115 Å². The molecule has 0 spiro atoms. The number of rotatable bonds is 2. The van der Waals surface area contributed by atoms with E-state index in [2.05, 4.69) is 10.3 Å². The fourth-order valence-corrected chi connectivity index (χ4v) is 2.14. The summed E-state index contributed by atoms with van der Waals surface area (Å²) in [6, 6.07) is 7.13. The molecule has 0 aliphatic carbocycles. The Morgan fingerprint density at radius 1 is 1.40 bits per heavy atom. The monoisotopic (exact) mass is 274 g/mol. The molecule has 2 amide bonds. The third kappa shape index (κ3) is 2.69. The van der Waals surface area contributed by atoms with Crippen LogP contribution in [0.5, 0.6) is 0 Å². The smallest absolute Gasteiger partial charge is 0.407 e. The number of pyridine rings is 1. The third-order valence-corrected chi connectivity index (χ3v) is 3.44. The van der Waals surface area contributed by atoms with E-state index in [1.807, 2.05) is 6.07 Å². The lowest BCUT2D eigenvalue weighted by Crippen LogP contribution is -2.47. The van der Waals surface area contributed by atoms with Crippen LogP contribution in [0.15, 0.2) is 24.4 Å².